The van der Waals surface area contributed by atoms with Gasteiger partial charge in [0.05, 0.1) is 4.90 Å². The fraction of sp³-hybridized carbons (Fsp3) is 0.438. The molecule has 1 aromatic carbocycles. The van der Waals surface area contributed by atoms with Crippen molar-refractivity contribution in [1.29, 1.82) is 0 Å². The molecule has 2 bridgehead atoms. The minimum Gasteiger partial charge on any atom is -0.403 e. The Kier molecular flexibility index (Phi) is 5.33. The molecule has 3 rings (SSSR count). The van der Waals surface area contributed by atoms with E-state index in [4.69, 9.17) is 23.2 Å². The summed E-state index contributed by atoms with van der Waals surface area (Å²) in [6.07, 6.45) is 2.97. The first-order chi connectivity index (χ1) is 12.0. The molecular weight excluding hydrogens is 362 g/mol. The van der Waals surface area contributed by atoms with Gasteiger partial charge >= 0.3 is 0 Å². The monoisotopic (exact) mass is 383 g/mol. The number of nitrogens with zero attached hydrogens (tertiary/aromatic N) is 2. The molecule has 0 aliphatic carbocycles. The number of nitrogens with one attached hydrogen (secondary N) is 1. The van der Waals surface area contributed by atoms with Crippen molar-refractivity contribution in [1.82, 2.24) is 14.6 Å². The Morgan fingerprint density at radius 3 is 2.56 bits per heavy atom. The lowest BCUT2D eigenvalue weighted by Crippen LogP contribution is -2.56. The average Bonchev–Trinajstić information content (AvgIpc) is 2.87. The van der Waals surface area contributed by atoms with Crippen LogP contribution in [0, 0.1) is 6.92 Å². The first-order valence-corrected chi connectivity index (χ1v) is 9.59. The van der Waals surface area contributed by atoms with Gasteiger partial charge in [0.2, 0.25) is 0 Å². The maximum absolute atomic E-state index is 13.2. The van der Waals surface area contributed by atoms with E-state index in [0.717, 1.165) is 23.3 Å². The molecule has 0 spiro atoms. The van der Waals surface area contributed by atoms with Crippen LogP contribution in [0.3, 0.4) is 0 Å². The molecule has 5 N–H and O–H groups in total. The molecule has 2 aliphatic heterocycles. The van der Waals surface area contributed by atoms with Gasteiger partial charge < -0.3 is 16.1 Å². The minimum atomic E-state index is -1.30. The quantitative estimate of drug-likeness (QED) is 0.401. The molecule has 3 atom stereocenters. The summed E-state index contributed by atoms with van der Waals surface area (Å²) >= 11 is 6.17. The third-order valence-corrected chi connectivity index (χ3v) is 7.06. The number of benzene rings is 1. The van der Waals surface area contributed by atoms with Crippen LogP contribution in [-0.4, -0.2) is 44.5 Å². The molecule has 1 aromatic rings. The molecule has 3 unspecified atom stereocenters. The van der Waals surface area contributed by atoms with Crippen LogP contribution in [0.2, 0.25) is 5.02 Å². The predicted molar refractivity (Wildman–Crippen MR) is 97.4 cm³/mol. The van der Waals surface area contributed by atoms with E-state index in [1.54, 1.807) is 11.0 Å². The summed E-state index contributed by atoms with van der Waals surface area (Å²) < 4.78 is 15.2. The third kappa shape index (κ3) is 3.27. The lowest BCUT2D eigenvalue weighted by molar-refractivity contribution is -0.129. The number of rotatable bonds is 4. The second-order valence-corrected chi connectivity index (χ2v) is 8.06. The molecule has 0 aromatic heterocycles. The Hall–Kier alpha value is -1.61. The number of piperazine rings is 1. The van der Waals surface area contributed by atoms with Crippen LogP contribution in [0.25, 0.3) is 0 Å². The zero-order chi connectivity index (χ0) is 18.1. The van der Waals surface area contributed by atoms with Gasteiger partial charge in [-0.1, -0.05) is 17.7 Å². The van der Waals surface area contributed by atoms with E-state index in [-0.39, 0.29) is 23.7 Å². The van der Waals surface area contributed by atoms with Crippen molar-refractivity contribution in [2.45, 2.75) is 36.7 Å². The Labute approximate surface area is 154 Å². The standard InChI is InChI=1S/C16H22ClN5O2S/c1-10-13(17)3-2-4-15(10)25(24)22-11-5-6-12(22)9-21(8-11)16(23)14(7-18)20-19/h2-4,7,11-12,20H,5-6,8-9,18-19H2,1H3/b14-7-. The normalized spacial score (nSPS) is 25.1. The SMILES string of the molecule is Cc1c(Cl)cccc1S(=O)N1C2CCC1CN(C(=O)/C(=C/N)NN)C2. The highest BCUT2D eigenvalue weighted by Crippen LogP contribution is 2.35. The summed E-state index contributed by atoms with van der Waals surface area (Å²) in [4.78, 5) is 14.9. The van der Waals surface area contributed by atoms with Crippen molar-refractivity contribution in [3.8, 4) is 0 Å². The molecule has 0 saturated carbocycles. The summed E-state index contributed by atoms with van der Waals surface area (Å²) in [5, 5.41) is 0.610. The highest BCUT2D eigenvalue weighted by molar-refractivity contribution is 7.82. The van der Waals surface area contributed by atoms with E-state index in [9.17, 15) is 9.00 Å². The Morgan fingerprint density at radius 1 is 1.36 bits per heavy atom. The molecule has 9 heteroatoms. The van der Waals surface area contributed by atoms with E-state index in [1.165, 1.54) is 6.20 Å². The predicted octanol–water partition coefficient (Wildman–Crippen LogP) is 0.610. The van der Waals surface area contributed by atoms with Gasteiger partial charge in [0.25, 0.3) is 5.91 Å². The van der Waals surface area contributed by atoms with Gasteiger partial charge in [-0.3, -0.25) is 10.6 Å². The molecule has 2 heterocycles. The van der Waals surface area contributed by atoms with Crippen LogP contribution in [-0.2, 0) is 15.8 Å². The first-order valence-electron chi connectivity index (χ1n) is 8.11. The van der Waals surface area contributed by atoms with Gasteiger partial charge in [-0.15, -0.1) is 0 Å². The van der Waals surface area contributed by atoms with Gasteiger partial charge in [0, 0.05) is 36.4 Å². The third-order valence-electron chi connectivity index (χ3n) is 4.85. The van der Waals surface area contributed by atoms with Gasteiger partial charge in [0.15, 0.2) is 0 Å². The second-order valence-electron chi connectivity index (χ2n) is 6.29. The van der Waals surface area contributed by atoms with Gasteiger partial charge in [-0.2, -0.15) is 0 Å². The molecular formula is C16H22ClN5O2S. The maximum atomic E-state index is 13.2. The Bertz CT molecular complexity index is 727. The smallest absolute Gasteiger partial charge is 0.272 e. The fourth-order valence-electron chi connectivity index (χ4n) is 3.54. The van der Waals surface area contributed by atoms with E-state index in [1.807, 2.05) is 23.4 Å². The van der Waals surface area contributed by atoms with Crippen LogP contribution in [0.15, 0.2) is 35.0 Å². The van der Waals surface area contributed by atoms with Crippen LogP contribution < -0.4 is 17.0 Å². The lowest BCUT2D eigenvalue weighted by atomic mass is 10.2. The summed E-state index contributed by atoms with van der Waals surface area (Å²) in [5.41, 5.74) is 8.76. The summed E-state index contributed by atoms with van der Waals surface area (Å²) in [5.74, 6) is 5.11. The number of likely N-dealkylation sites (tertiary alicyclic amines) is 1. The van der Waals surface area contributed by atoms with Crippen molar-refractivity contribution in [3.05, 3.63) is 40.7 Å². The summed E-state index contributed by atoms with van der Waals surface area (Å²) in [7, 11) is -1.30. The number of hydrazine groups is 1. The molecule has 25 heavy (non-hydrogen) atoms. The second kappa shape index (κ2) is 7.33. The van der Waals surface area contributed by atoms with Crippen LogP contribution in [0.1, 0.15) is 18.4 Å². The largest absolute Gasteiger partial charge is 0.403 e. The number of hydrogen-bond acceptors (Lipinski definition) is 5. The summed E-state index contributed by atoms with van der Waals surface area (Å²) in [6.45, 7) is 2.88. The zero-order valence-corrected chi connectivity index (χ0v) is 15.5. The van der Waals surface area contributed by atoms with Gasteiger partial charge in [-0.25, -0.2) is 8.51 Å². The van der Waals surface area contributed by atoms with Crippen LogP contribution >= 0.6 is 11.6 Å². The molecule has 136 valence electrons. The van der Waals surface area contributed by atoms with Crippen LogP contribution in [0.4, 0.5) is 0 Å². The van der Waals surface area contributed by atoms with Crippen molar-refractivity contribution < 1.29 is 9.00 Å². The number of carbonyl (C=O) groups excluding carboxylic acids is 1. The van der Waals surface area contributed by atoms with Gasteiger partial charge in [-0.05, 0) is 37.5 Å². The van der Waals surface area contributed by atoms with Crippen LogP contribution in [0.5, 0.6) is 0 Å². The van der Waals surface area contributed by atoms with E-state index in [2.05, 4.69) is 5.43 Å². The number of fused-ring (bicyclic) bond motifs is 2. The number of halogens is 1. The maximum Gasteiger partial charge on any atom is 0.272 e. The zero-order valence-electron chi connectivity index (χ0n) is 13.9. The van der Waals surface area contributed by atoms with E-state index >= 15 is 0 Å². The highest BCUT2D eigenvalue weighted by Gasteiger charge is 2.45. The van der Waals surface area contributed by atoms with Crippen molar-refractivity contribution >= 4 is 28.5 Å². The molecule has 2 saturated heterocycles. The highest BCUT2D eigenvalue weighted by atomic mass is 35.5. The molecule has 2 aliphatic rings. The van der Waals surface area contributed by atoms with Crippen molar-refractivity contribution in [3.63, 3.8) is 0 Å². The number of nitrogens with two attached hydrogens (primary N) is 2. The van der Waals surface area contributed by atoms with Gasteiger partial charge in [0.1, 0.15) is 16.7 Å². The Balaban J connectivity index is 1.80. The summed E-state index contributed by atoms with van der Waals surface area (Å²) in [6, 6.07) is 5.54. The average molecular weight is 384 g/mol. The van der Waals surface area contributed by atoms with Crippen molar-refractivity contribution in [2.24, 2.45) is 11.6 Å². The van der Waals surface area contributed by atoms with E-state index in [0.29, 0.717) is 18.1 Å². The fourth-order valence-corrected chi connectivity index (χ4v) is 5.45. The van der Waals surface area contributed by atoms with E-state index < -0.39 is 11.0 Å². The number of amides is 1. The molecule has 0 radical (unpaired) electrons. The number of hydrogen-bond donors (Lipinski definition) is 3. The number of carbonyl (C=O) groups is 1. The molecule has 7 nitrogen and oxygen atoms in total. The Morgan fingerprint density at radius 2 is 2.00 bits per heavy atom. The van der Waals surface area contributed by atoms with Crippen molar-refractivity contribution in [2.75, 3.05) is 13.1 Å². The molecule has 2 fully saturated rings. The minimum absolute atomic E-state index is 0.0405. The topological polar surface area (TPSA) is 105 Å². The lowest BCUT2D eigenvalue weighted by Gasteiger charge is -2.40. The first kappa shape index (κ1) is 18.2. The molecule has 1 amide bonds.